The van der Waals surface area contributed by atoms with Crippen LogP contribution in [0.1, 0.15) is 294 Å². The SMILES string of the molecule is CC.CC.CC.CC.CC.CC.CC(C)(C)c1cccs1.CC(C)c1ccco1.CC(C)c1ccn[nH]1.CC(C)c1cnc[nH]1.CC(C)c1ncc[nH]1.CC(C)n1cccn1.Cc1n[nH]nc1C(C)C.Cc1nc(C(C)(C)C)n[nH]1. The molecule has 0 aliphatic heterocycles. The van der Waals surface area contributed by atoms with Gasteiger partial charge in [0.05, 0.1) is 24.0 Å². The van der Waals surface area contributed by atoms with Gasteiger partial charge in [-0.25, -0.2) is 15.0 Å². The van der Waals surface area contributed by atoms with E-state index >= 15 is 0 Å². The highest BCUT2D eigenvalue weighted by Crippen LogP contribution is 2.26. The Kier molecular flexibility index (Phi) is 57.3. The largest absolute Gasteiger partial charge is 0.469 e. The third-order valence-corrected chi connectivity index (χ3v) is 10.6. The maximum atomic E-state index is 5.09. The van der Waals surface area contributed by atoms with E-state index < -0.39 is 0 Å². The molecule has 0 spiro atoms. The third-order valence-electron chi connectivity index (χ3n) is 9.35. The molecule has 0 fully saturated rings. The molecule has 8 heterocycles. The number of nitrogens with one attached hydrogen (secondary N) is 5. The molecule has 16 heteroatoms. The Hall–Kier alpha value is -5.90. The van der Waals surface area contributed by atoms with E-state index in [0.717, 1.165) is 34.6 Å². The van der Waals surface area contributed by atoms with Gasteiger partial charge in [-0.2, -0.15) is 30.7 Å². The van der Waals surface area contributed by atoms with Crippen molar-refractivity contribution in [1.29, 1.82) is 0 Å². The van der Waals surface area contributed by atoms with Crippen molar-refractivity contribution in [2.45, 2.75) is 268 Å². The van der Waals surface area contributed by atoms with E-state index in [9.17, 15) is 0 Å². The molecule has 0 amide bonds. The summed E-state index contributed by atoms with van der Waals surface area (Å²) in [5.74, 6) is 6.53. The summed E-state index contributed by atoms with van der Waals surface area (Å²) in [6.07, 6.45) is 14.4. The lowest BCUT2D eigenvalue weighted by molar-refractivity contribution is 0.487. The minimum absolute atomic E-state index is 0.0603. The van der Waals surface area contributed by atoms with Crippen molar-refractivity contribution in [2.24, 2.45) is 0 Å². The number of thiophene rings is 1. The highest BCUT2D eigenvalue weighted by atomic mass is 32.1. The second kappa shape index (κ2) is 53.7. The molecule has 80 heavy (non-hydrogen) atoms. The van der Waals surface area contributed by atoms with Gasteiger partial charge in [-0.1, -0.05) is 200 Å². The molecular formula is C64H122N14OS. The monoisotopic (exact) mass is 1130 g/mol. The Morgan fingerprint density at radius 1 is 0.575 bits per heavy atom. The standard InChI is InChI=1S/C8H12S.C7H13N3.C7H10O.C6H11N3.4C6H10N2.6C2H6/c1-8(2,3)7-5-4-6-9-7;1-5-8-6(10-9-5)7(2,3)4;1-6(2)7-4-3-5-8-7;1-4(2)6-5(3)7-9-8-6;1-5(2)6-3-7-4-8-6;1-6(2)8-5-3-4-7-8;1-5(2)6-7-3-4-8-6;1-5(2)6-3-4-7-8-6;6*1-2/h4-6H,1-3H3;1-4H3,(H,8,9,10);3-6H,1-2H3;4H,1-3H3,(H,7,8,9);3-5H,1-2H3,(H,7,8);3-6H,1-2H3;2*3-5H,1-2H3,(H,7,8);6*1-2H3. The van der Waals surface area contributed by atoms with Gasteiger partial charge in [0.25, 0.3) is 0 Å². The molecule has 0 aliphatic carbocycles. The van der Waals surface area contributed by atoms with Gasteiger partial charge in [0.2, 0.25) is 0 Å². The maximum absolute atomic E-state index is 5.09. The molecule has 0 saturated heterocycles. The maximum Gasteiger partial charge on any atom is 0.155 e. The number of aromatic amines is 5. The van der Waals surface area contributed by atoms with Crippen LogP contribution in [0.5, 0.6) is 0 Å². The third kappa shape index (κ3) is 43.9. The normalized spacial score (nSPS) is 9.68. The molecule has 0 aliphatic rings. The lowest BCUT2D eigenvalue weighted by Gasteiger charge is -2.14. The van der Waals surface area contributed by atoms with Gasteiger partial charge in [-0.15, -0.1) is 11.3 Å². The molecule has 8 aromatic heterocycles. The Morgan fingerprint density at radius 3 is 1.36 bits per heavy atom. The molecular weight excluding hydrogens is 1010 g/mol. The number of H-pyrrole nitrogens is 5. The summed E-state index contributed by atoms with van der Waals surface area (Å²) in [6, 6.07) is 12.6. The number of hydrogen-bond acceptors (Lipinski definition) is 10. The van der Waals surface area contributed by atoms with Crippen molar-refractivity contribution in [1.82, 2.24) is 70.5 Å². The Balaban J connectivity index is -0.000000190. The van der Waals surface area contributed by atoms with E-state index in [1.165, 1.54) is 16.3 Å². The second-order valence-electron chi connectivity index (χ2n) is 19.9. The highest BCUT2D eigenvalue weighted by Gasteiger charge is 2.18. The number of furan rings is 1. The van der Waals surface area contributed by atoms with Crippen LogP contribution in [0.3, 0.4) is 0 Å². The first-order valence-corrected chi connectivity index (χ1v) is 30.5. The molecule has 8 rings (SSSR count). The number of imidazole rings is 2. The first-order chi connectivity index (χ1) is 37.8. The zero-order chi connectivity index (χ0) is 63.5. The average molecular weight is 1140 g/mol. The summed E-state index contributed by atoms with van der Waals surface area (Å²) in [4.78, 5) is 19.7. The van der Waals surface area contributed by atoms with Crippen LogP contribution in [0.2, 0.25) is 0 Å². The topological polar surface area (TPSA) is 200 Å². The number of nitrogens with zero attached hydrogens (tertiary/aromatic N) is 9. The lowest BCUT2D eigenvalue weighted by Crippen LogP contribution is -2.13. The van der Waals surface area contributed by atoms with Gasteiger partial charge < -0.3 is 14.4 Å². The van der Waals surface area contributed by atoms with Crippen molar-refractivity contribution >= 4 is 11.3 Å². The van der Waals surface area contributed by atoms with Gasteiger partial charge >= 0.3 is 0 Å². The van der Waals surface area contributed by atoms with Gasteiger partial charge in [-0.3, -0.25) is 14.9 Å². The fraction of sp³-hybridized carbons (Fsp3) is 0.625. The smallest absolute Gasteiger partial charge is 0.155 e. The van der Waals surface area contributed by atoms with Crippen LogP contribution >= 0.6 is 11.3 Å². The Morgan fingerprint density at radius 2 is 1.16 bits per heavy atom. The molecule has 5 N–H and O–H groups in total. The van der Waals surface area contributed by atoms with E-state index in [2.05, 4.69) is 208 Å². The fourth-order valence-electron chi connectivity index (χ4n) is 5.19. The zero-order valence-electron chi connectivity index (χ0n) is 57.0. The lowest BCUT2D eigenvalue weighted by atomic mass is 9.95. The number of aryl methyl sites for hydroxylation is 2. The minimum Gasteiger partial charge on any atom is -0.469 e. The van der Waals surface area contributed by atoms with Gasteiger partial charge in [0.1, 0.15) is 17.4 Å². The molecule has 15 nitrogen and oxygen atoms in total. The summed E-state index contributed by atoms with van der Waals surface area (Å²) in [5.41, 5.74) is 4.87. The Bertz CT molecular complexity index is 2060. The number of aromatic nitrogens is 14. The molecule has 8 aromatic rings. The van der Waals surface area contributed by atoms with Crippen LogP contribution in [0.25, 0.3) is 0 Å². The minimum atomic E-state index is 0.0603. The highest BCUT2D eigenvalue weighted by molar-refractivity contribution is 7.10. The quantitative estimate of drug-likeness (QED) is 0.107. The molecule has 0 bridgehead atoms. The molecule has 0 radical (unpaired) electrons. The van der Waals surface area contributed by atoms with Crippen LogP contribution in [0.15, 0.2) is 96.0 Å². The molecule has 0 unspecified atom stereocenters. The van der Waals surface area contributed by atoms with E-state index in [0.29, 0.717) is 41.0 Å². The van der Waals surface area contributed by atoms with Gasteiger partial charge in [0, 0.05) is 76.7 Å². The predicted octanol–water partition coefficient (Wildman–Crippen LogP) is 20.3. The first-order valence-electron chi connectivity index (χ1n) is 29.6. The first kappa shape index (κ1) is 85.4. The van der Waals surface area contributed by atoms with Crippen molar-refractivity contribution in [3.05, 3.63) is 142 Å². The van der Waals surface area contributed by atoms with Crippen molar-refractivity contribution < 1.29 is 4.42 Å². The summed E-state index contributed by atoms with van der Waals surface area (Å²) in [7, 11) is 0. The number of rotatable bonds is 6. The van der Waals surface area contributed by atoms with Crippen molar-refractivity contribution in [3.8, 4) is 0 Å². The van der Waals surface area contributed by atoms with Crippen LogP contribution in [-0.2, 0) is 10.8 Å². The molecule has 0 saturated carbocycles. The predicted molar refractivity (Wildman–Crippen MR) is 350 cm³/mol. The van der Waals surface area contributed by atoms with Crippen LogP contribution in [-0.4, -0.2) is 70.5 Å². The van der Waals surface area contributed by atoms with Crippen molar-refractivity contribution in [2.75, 3.05) is 0 Å². The Labute approximate surface area is 494 Å². The summed E-state index contributed by atoms with van der Waals surface area (Å²) in [6.45, 7) is 66.2. The average Bonchev–Trinajstić information content (AvgIpc) is 4.30. The van der Waals surface area contributed by atoms with E-state index in [-0.39, 0.29) is 5.41 Å². The van der Waals surface area contributed by atoms with E-state index in [4.69, 9.17) is 4.42 Å². The van der Waals surface area contributed by atoms with Crippen LogP contribution < -0.4 is 0 Å². The molecule has 0 atom stereocenters. The molecule has 0 aromatic carbocycles. The van der Waals surface area contributed by atoms with Gasteiger partial charge in [0.15, 0.2) is 5.82 Å². The van der Waals surface area contributed by atoms with Crippen LogP contribution in [0, 0.1) is 13.8 Å². The summed E-state index contributed by atoms with van der Waals surface area (Å²) < 4.78 is 7.01. The molecule has 460 valence electrons. The van der Waals surface area contributed by atoms with Crippen LogP contribution in [0.4, 0.5) is 0 Å². The summed E-state index contributed by atoms with van der Waals surface area (Å²) in [5, 5.41) is 30.2. The second-order valence-corrected chi connectivity index (χ2v) is 20.8. The van der Waals surface area contributed by atoms with E-state index in [1.807, 2.05) is 156 Å². The van der Waals surface area contributed by atoms with Crippen molar-refractivity contribution in [3.63, 3.8) is 0 Å². The number of hydrogen-bond donors (Lipinski definition) is 5. The van der Waals surface area contributed by atoms with Gasteiger partial charge in [-0.05, 0) is 86.6 Å². The fourth-order valence-corrected chi connectivity index (χ4v) is 6.01. The summed E-state index contributed by atoms with van der Waals surface area (Å²) >= 11 is 1.83. The zero-order valence-corrected chi connectivity index (χ0v) is 57.8. The van der Waals surface area contributed by atoms with E-state index in [1.54, 1.807) is 31.2 Å².